The minimum atomic E-state index is 0.240. The molecule has 5 nitrogen and oxygen atoms in total. The van der Waals surface area contributed by atoms with Crippen molar-refractivity contribution in [2.45, 2.75) is 25.7 Å². The summed E-state index contributed by atoms with van der Waals surface area (Å²) in [4.78, 5) is 4.93. The molecule has 1 aromatic heterocycles. The third-order valence-corrected chi connectivity index (χ3v) is 5.14. The summed E-state index contributed by atoms with van der Waals surface area (Å²) in [6, 6.07) is 9.01. The highest BCUT2D eigenvalue weighted by Gasteiger charge is 2.23. The van der Waals surface area contributed by atoms with E-state index in [9.17, 15) is 5.11 Å². The maximum atomic E-state index is 9.61. The molecule has 0 radical (unpaired) electrons. The molecule has 5 heteroatoms. The molecule has 1 aliphatic carbocycles. The topological polar surface area (TPSA) is 92.2 Å². The number of aryl methyl sites for hydroxylation is 1. The van der Waals surface area contributed by atoms with Gasteiger partial charge >= 0.3 is 0 Å². The molecular formula is C21H21N3O2. The second kappa shape index (κ2) is 6.33. The second-order valence-corrected chi connectivity index (χ2v) is 6.62. The van der Waals surface area contributed by atoms with Crippen LogP contribution in [0.2, 0.25) is 0 Å². The van der Waals surface area contributed by atoms with Gasteiger partial charge in [0.1, 0.15) is 11.5 Å². The zero-order valence-corrected chi connectivity index (χ0v) is 14.7. The summed E-state index contributed by atoms with van der Waals surface area (Å²) in [6.45, 7) is 0. The summed E-state index contributed by atoms with van der Waals surface area (Å²) >= 11 is 0. The number of rotatable bonds is 3. The number of fused-ring (bicyclic) bond motifs is 3. The standard InChI is InChI=1S/C21H21N3O2/c1-26-18-10-17-19(16(11-22)20(18)23)14-4-2-3-5-15(14)21(24-17)12-6-8-13(25)9-7-12/h6-11,22,25H,2-5,23H2,1H3. The van der Waals surface area contributed by atoms with Crippen LogP contribution in [0.3, 0.4) is 0 Å². The Kier molecular flexibility index (Phi) is 3.99. The molecule has 0 unspecified atom stereocenters. The number of phenols is 1. The Morgan fingerprint density at radius 1 is 1.15 bits per heavy atom. The molecular weight excluding hydrogens is 326 g/mol. The van der Waals surface area contributed by atoms with Gasteiger partial charge < -0.3 is 21.0 Å². The molecule has 3 aromatic rings. The first-order chi connectivity index (χ1) is 12.6. The van der Waals surface area contributed by atoms with Gasteiger partial charge in [-0.15, -0.1) is 0 Å². The Bertz CT molecular complexity index is 1010. The third-order valence-electron chi connectivity index (χ3n) is 5.14. The van der Waals surface area contributed by atoms with Crippen LogP contribution < -0.4 is 10.5 Å². The molecule has 2 aromatic carbocycles. The fraction of sp³-hybridized carbons (Fsp3) is 0.238. The lowest BCUT2D eigenvalue weighted by Gasteiger charge is -2.23. The summed E-state index contributed by atoms with van der Waals surface area (Å²) in [5.41, 5.74) is 12.6. The molecule has 0 saturated carbocycles. The van der Waals surface area contributed by atoms with E-state index < -0.39 is 0 Å². The first kappa shape index (κ1) is 16.4. The Labute approximate surface area is 152 Å². The Hall–Kier alpha value is -3.08. The molecule has 4 rings (SSSR count). The number of ether oxygens (including phenoxy) is 1. The zero-order chi connectivity index (χ0) is 18.3. The van der Waals surface area contributed by atoms with E-state index in [-0.39, 0.29) is 5.75 Å². The van der Waals surface area contributed by atoms with Crippen LogP contribution >= 0.6 is 0 Å². The van der Waals surface area contributed by atoms with Crippen molar-refractivity contribution in [3.8, 4) is 22.8 Å². The Balaban J connectivity index is 2.10. The number of nitrogen functional groups attached to an aromatic ring is 1. The highest BCUT2D eigenvalue weighted by Crippen LogP contribution is 2.40. The van der Waals surface area contributed by atoms with E-state index in [1.165, 1.54) is 17.3 Å². The summed E-state index contributed by atoms with van der Waals surface area (Å²) < 4.78 is 5.40. The van der Waals surface area contributed by atoms with Crippen LogP contribution in [0.1, 0.15) is 29.5 Å². The largest absolute Gasteiger partial charge is 0.508 e. The molecule has 26 heavy (non-hydrogen) atoms. The lowest BCUT2D eigenvalue weighted by molar-refractivity contribution is 0.417. The molecule has 0 spiro atoms. The minimum Gasteiger partial charge on any atom is -0.508 e. The fourth-order valence-corrected chi connectivity index (χ4v) is 3.89. The molecule has 1 aliphatic rings. The maximum Gasteiger partial charge on any atom is 0.144 e. The van der Waals surface area contributed by atoms with Crippen LogP contribution in [0.5, 0.6) is 11.5 Å². The van der Waals surface area contributed by atoms with Crippen LogP contribution in [0.25, 0.3) is 22.2 Å². The van der Waals surface area contributed by atoms with Crippen LogP contribution in [-0.2, 0) is 12.8 Å². The van der Waals surface area contributed by atoms with Gasteiger partial charge in [-0.1, -0.05) is 0 Å². The number of nitrogens with one attached hydrogen (secondary N) is 1. The van der Waals surface area contributed by atoms with E-state index >= 15 is 0 Å². The SMILES string of the molecule is COc1cc2nc(-c3ccc(O)cc3)c3c(c2c(C=N)c1N)CCCC3. The number of pyridine rings is 1. The average Bonchev–Trinajstić information content (AvgIpc) is 2.68. The van der Waals surface area contributed by atoms with E-state index in [2.05, 4.69) is 0 Å². The number of hydrogen-bond donors (Lipinski definition) is 3. The monoisotopic (exact) mass is 347 g/mol. The summed E-state index contributed by atoms with van der Waals surface area (Å²) in [5, 5.41) is 18.5. The quantitative estimate of drug-likeness (QED) is 0.492. The molecule has 0 amide bonds. The number of nitrogens with two attached hydrogens (primary N) is 1. The van der Waals surface area contributed by atoms with Gasteiger partial charge in [-0.2, -0.15) is 0 Å². The molecule has 0 aliphatic heterocycles. The fourth-order valence-electron chi connectivity index (χ4n) is 3.89. The van der Waals surface area contributed by atoms with Gasteiger partial charge in [-0.3, -0.25) is 0 Å². The van der Waals surface area contributed by atoms with Gasteiger partial charge in [-0.25, -0.2) is 4.98 Å². The van der Waals surface area contributed by atoms with Gasteiger partial charge in [0.2, 0.25) is 0 Å². The van der Waals surface area contributed by atoms with Crippen molar-refractivity contribution in [3.05, 3.63) is 47.0 Å². The second-order valence-electron chi connectivity index (χ2n) is 6.62. The van der Waals surface area contributed by atoms with Crippen molar-refractivity contribution in [3.63, 3.8) is 0 Å². The number of aromatic hydroxyl groups is 1. The van der Waals surface area contributed by atoms with Gasteiger partial charge in [0.05, 0.1) is 24.0 Å². The van der Waals surface area contributed by atoms with Crippen molar-refractivity contribution in [2.75, 3.05) is 12.8 Å². The third kappa shape index (κ3) is 2.47. The normalized spacial score (nSPS) is 13.4. The smallest absolute Gasteiger partial charge is 0.144 e. The molecule has 0 bridgehead atoms. The lowest BCUT2D eigenvalue weighted by Crippen LogP contribution is -2.10. The van der Waals surface area contributed by atoms with Gasteiger partial charge in [0.15, 0.2) is 0 Å². The maximum absolute atomic E-state index is 9.61. The molecule has 1 heterocycles. The van der Waals surface area contributed by atoms with Gasteiger partial charge in [-0.05, 0) is 61.1 Å². The summed E-state index contributed by atoms with van der Waals surface area (Å²) in [5.74, 6) is 0.778. The number of methoxy groups -OCH3 is 1. The number of anilines is 1. The van der Waals surface area contributed by atoms with Crippen molar-refractivity contribution >= 4 is 22.8 Å². The van der Waals surface area contributed by atoms with Crippen molar-refractivity contribution in [1.82, 2.24) is 4.98 Å². The van der Waals surface area contributed by atoms with Crippen LogP contribution in [-0.4, -0.2) is 23.4 Å². The number of hydrogen-bond acceptors (Lipinski definition) is 5. The van der Waals surface area contributed by atoms with Crippen molar-refractivity contribution in [2.24, 2.45) is 0 Å². The Morgan fingerprint density at radius 3 is 2.50 bits per heavy atom. The van der Waals surface area contributed by atoms with Gasteiger partial charge in [0, 0.05) is 28.8 Å². The number of aromatic nitrogens is 1. The summed E-state index contributed by atoms with van der Waals surface area (Å²) in [6.07, 6.45) is 5.45. The van der Waals surface area contributed by atoms with Crippen LogP contribution in [0, 0.1) is 5.41 Å². The first-order valence-electron chi connectivity index (χ1n) is 8.76. The van der Waals surface area contributed by atoms with Crippen molar-refractivity contribution < 1.29 is 9.84 Å². The van der Waals surface area contributed by atoms with E-state index in [1.54, 1.807) is 19.2 Å². The lowest BCUT2D eigenvalue weighted by atomic mass is 9.84. The first-order valence-corrected chi connectivity index (χ1v) is 8.76. The molecule has 0 fully saturated rings. The highest BCUT2D eigenvalue weighted by atomic mass is 16.5. The number of benzene rings is 2. The predicted molar refractivity (Wildman–Crippen MR) is 104 cm³/mol. The number of nitrogens with zero attached hydrogens (tertiary/aromatic N) is 1. The van der Waals surface area contributed by atoms with E-state index in [1.807, 2.05) is 18.2 Å². The average molecular weight is 347 g/mol. The van der Waals surface area contributed by atoms with Crippen LogP contribution in [0.15, 0.2) is 30.3 Å². The van der Waals surface area contributed by atoms with E-state index in [0.717, 1.165) is 47.8 Å². The predicted octanol–water partition coefficient (Wildman–Crippen LogP) is 4.07. The summed E-state index contributed by atoms with van der Waals surface area (Å²) in [7, 11) is 1.57. The molecule has 0 atom stereocenters. The van der Waals surface area contributed by atoms with Crippen LogP contribution in [0.4, 0.5) is 5.69 Å². The molecule has 0 saturated heterocycles. The minimum absolute atomic E-state index is 0.240. The Morgan fingerprint density at radius 2 is 1.85 bits per heavy atom. The molecule has 4 N–H and O–H groups in total. The van der Waals surface area contributed by atoms with E-state index in [4.69, 9.17) is 20.9 Å². The molecule has 132 valence electrons. The van der Waals surface area contributed by atoms with E-state index in [0.29, 0.717) is 17.0 Å². The highest BCUT2D eigenvalue weighted by molar-refractivity contribution is 6.07. The van der Waals surface area contributed by atoms with Crippen molar-refractivity contribution in [1.29, 1.82) is 5.41 Å². The number of phenolic OH excluding ortho intramolecular Hbond substituents is 1. The van der Waals surface area contributed by atoms with Gasteiger partial charge in [0.25, 0.3) is 0 Å². The zero-order valence-electron chi connectivity index (χ0n) is 14.7.